The molecule has 8 heteroatoms. The molecule has 1 saturated heterocycles. The fraction of sp³-hybridized carbons (Fsp3) is 0.412. The quantitative estimate of drug-likeness (QED) is 0.760. The molecule has 0 radical (unpaired) electrons. The summed E-state index contributed by atoms with van der Waals surface area (Å²) < 4.78 is 0. The molecule has 1 aromatic carbocycles. The number of rotatable bonds is 2. The summed E-state index contributed by atoms with van der Waals surface area (Å²) in [5.74, 6) is -0.0516. The highest BCUT2D eigenvalue weighted by Gasteiger charge is 2.24. The summed E-state index contributed by atoms with van der Waals surface area (Å²) in [6.45, 7) is 4.99. The van der Waals surface area contributed by atoms with Crippen molar-refractivity contribution in [3.63, 3.8) is 0 Å². The van der Waals surface area contributed by atoms with Crippen molar-refractivity contribution in [3.8, 4) is 6.07 Å². The molecule has 2 heterocycles. The average Bonchev–Trinajstić information content (AvgIpc) is 2.61. The summed E-state index contributed by atoms with van der Waals surface area (Å²) in [6.07, 6.45) is 0.406. The lowest BCUT2D eigenvalue weighted by Crippen LogP contribution is -2.50. The van der Waals surface area contributed by atoms with Gasteiger partial charge in [0.05, 0.1) is 17.0 Å². The zero-order valence-corrected chi connectivity index (χ0v) is 14.8. The average molecular weight is 356 g/mol. The molecule has 1 amide bonds. The third-order valence-corrected chi connectivity index (χ3v) is 4.86. The third kappa shape index (κ3) is 3.56. The van der Waals surface area contributed by atoms with Crippen molar-refractivity contribution < 1.29 is 4.79 Å². The van der Waals surface area contributed by atoms with Gasteiger partial charge in [-0.15, -0.1) is 0 Å². The van der Waals surface area contributed by atoms with Gasteiger partial charge in [0.1, 0.15) is 6.07 Å². The van der Waals surface area contributed by atoms with E-state index in [0.29, 0.717) is 17.1 Å². The number of carbonyl (C=O) groups excluding carboxylic acids is 1. The Hall–Kier alpha value is -2.66. The molecule has 0 bridgehead atoms. The molecular weight excluding hydrogens is 336 g/mol. The summed E-state index contributed by atoms with van der Waals surface area (Å²) in [5, 5.41) is 14.2. The zero-order chi connectivity index (χ0) is 18.0. The predicted molar refractivity (Wildman–Crippen MR) is 100 cm³/mol. The number of hydrogen-bond donors (Lipinski definition) is 2. The monoisotopic (exact) mass is 356 g/mol. The number of piperazine rings is 1. The molecule has 1 unspecified atom stereocenters. The van der Waals surface area contributed by atoms with Gasteiger partial charge >= 0.3 is 0 Å². The number of nitrogens with one attached hydrogen (secondary N) is 1. The van der Waals surface area contributed by atoms with Crippen LogP contribution in [-0.4, -0.2) is 47.8 Å². The minimum atomic E-state index is -0.0796. The van der Waals surface area contributed by atoms with Gasteiger partial charge in [-0.1, -0.05) is 13.0 Å². The highest BCUT2D eigenvalue weighted by atomic mass is 32.1. The molecule has 1 aromatic rings. The molecule has 2 aliphatic heterocycles. The van der Waals surface area contributed by atoms with E-state index >= 15 is 0 Å². The van der Waals surface area contributed by atoms with Gasteiger partial charge in [0, 0.05) is 38.5 Å². The topological polar surface area (TPSA) is 97.8 Å². The number of hydrogen-bond acceptors (Lipinski definition) is 5. The highest BCUT2D eigenvalue weighted by Crippen LogP contribution is 2.25. The van der Waals surface area contributed by atoms with Crippen LogP contribution in [0.2, 0.25) is 0 Å². The van der Waals surface area contributed by atoms with E-state index in [1.165, 1.54) is 0 Å². The largest absolute Gasteiger partial charge is 0.376 e. The Morgan fingerprint density at radius 1 is 1.40 bits per heavy atom. The van der Waals surface area contributed by atoms with Crippen LogP contribution in [0.25, 0.3) is 0 Å². The van der Waals surface area contributed by atoms with Gasteiger partial charge in [-0.2, -0.15) is 10.4 Å². The maximum absolute atomic E-state index is 11.4. The van der Waals surface area contributed by atoms with E-state index in [1.54, 1.807) is 0 Å². The van der Waals surface area contributed by atoms with Crippen LogP contribution in [0.3, 0.4) is 0 Å². The maximum Gasteiger partial charge on any atom is 0.240 e. The lowest BCUT2D eigenvalue weighted by molar-refractivity contribution is -0.121. The Kier molecular flexibility index (Phi) is 4.86. The van der Waals surface area contributed by atoms with Crippen molar-refractivity contribution >= 4 is 34.6 Å². The first-order chi connectivity index (χ1) is 12.0. The second-order valence-corrected chi connectivity index (χ2v) is 6.71. The Labute approximate surface area is 152 Å². The SMILES string of the molecule is CC1CC(=O)NN=C1c1ccc(N2CCN(C(N)=S)CC2)c(C#N)c1. The fourth-order valence-corrected chi connectivity index (χ4v) is 3.41. The molecule has 3 N–H and O–H groups in total. The zero-order valence-electron chi connectivity index (χ0n) is 14.0. The molecule has 0 spiro atoms. The molecule has 3 rings (SSSR count). The molecule has 2 aliphatic rings. The Balaban J connectivity index is 1.83. The van der Waals surface area contributed by atoms with Crippen LogP contribution in [0.15, 0.2) is 23.3 Å². The van der Waals surface area contributed by atoms with Gasteiger partial charge in [0.15, 0.2) is 5.11 Å². The van der Waals surface area contributed by atoms with Crippen molar-refractivity contribution in [2.24, 2.45) is 16.8 Å². The van der Waals surface area contributed by atoms with Crippen LogP contribution in [-0.2, 0) is 4.79 Å². The number of amides is 1. The van der Waals surface area contributed by atoms with Crippen LogP contribution < -0.4 is 16.1 Å². The van der Waals surface area contributed by atoms with Gasteiger partial charge in [0.2, 0.25) is 5.91 Å². The van der Waals surface area contributed by atoms with Crippen molar-refractivity contribution in [2.75, 3.05) is 31.1 Å². The van der Waals surface area contributed by atoms with Gasteiger partial charge in [-0.3, -0.25) is 4.79 Å². The molecule has 1 atom stereocenters. The normalized spacial score (nSPS) is 20.6. The first-order valence-electron chi connectivity index (χ1n) is 8.20. The first-order valence-corrected chi connectivity index (χ1v) is 8.60. The fourth-order valence-electron chi connectivity index (χ4n) is 3.23. The summed E-state index contributed by atoms with van der Waals surface area (Å²) >= 11 is 5.02. The van der Waals surface area contributed by atoms with Gasteiger partial charge < -0.3 is 15.5 Å². The predicted octanol–water partition coefficient (Wildman–Crippen LogP) is 0.784. The standard InChI is InChI=1S/C17H20N6OS/c1-11-8-15(24)20-21-16(11)12-2-3-14(13(9-12)10-18)22-4-6-23(7-5-22)17(19)25/h2-3,9,11H,4-8H2,1H3,(H2,19,25)(H,20,24). The number of nitrogens with zero attached hydrogens (tertiary/aromatic N) is 4. The number of nitrogens with two attached hydrogens (primary N) is 1. The van der Waals surface area contributed by atoms with Crippen molar-refractivity contribution in [1.82, 2.24) is 10.3 Å². The molecule has 7 nitrogen and oxygen atoms in total. The van der Waals surface area contributed by atoms with Crippen LogP contribution in [0.5, 0.6) is 0 Å². The Morgan fingerprint density at radius 3 is 2.72 bits per heavy atom. The molecule has 0 aliphatic carbocycles. The number of carbonyl (C=O) groups is 1. The number of thiocarbonyl (C=S) groups is 1. The van der Waals surface area contributed by atoms with Gasteiger partial charge in [-0.25, -0.2) is 5.43 Å². The summed E-state index contributed by atoms with van der Waals surface area (Å²) in [6, 6.07) is 8.05. The second kappa shape index (κ2) is 7.07. The van der Waals surface area contributed by atoms with E-state index in [1.807, 2.05) is 30.0 Å². The Bertz CT molecular complexity index is 776. The van der Waals surface area contributed by atoms with Gasteiger partial charge in [-0.05, 0) is 29.9 Å². The van der Waals surface area contributed by atoms with E-state index in [9.17, 15) is 10.1 Å². The summed E-state index contributed by atoms with van der Waals surface area (Å²) in [7, 11) is 0. The summed E-state index contributed by atoms with van der Waals surface area (Å²) in [4.78, 5) is 15.5. The van der Waals surface area contributed by atoms with Crippen molar-refractivity contribution in [2.45, 2.75) is 13.3 Å². The number of nitriles is 1. The maximum atomic E-state index is 11.4. The molecule has 25 heavy (non-hydrogen) atoms. The first kappa shape index (κ1) is 17.2. The van der Waals surface area contributed by atoms with Crippen molar-refractivity contribution in [1.29, 1.82) is 5.26 Å². The van der Waals surface area contributed by atoms with Crippen LogP contribution in [0.4, 0.5) is 5.69 Å². The number of benzene rings is 1. The third-order valence-electron chi connectivity index (χ3n) is 4.60. The van der Waals surface area contributed by atoms with Crippen LogP contribution >= 0.6 is 12.2 Å². The van der Waals surface area contributed by atoms with E-state index in [0.717, 1.165) is 43.1 Å². The molecule has 1 fully saturated rings. The second-order valence-electron chi connectivity index (χ2n) is 6.29. The van der Waals surface area contributed by atoms with Crippen LogP contribution in [0, 0.1) is 17.2 Å². The van der Waals surface area contributed by atoms with E-state index < -0.39 is 0 Å². The smallest absolute Gasteiger partial charge is 0.240 e. The van der Waals surface area contributed by atoms with E-state index in [4.69, 9.17) is 18.0 Å². The lowest BCUT2D eigenvalue weighted by Gasteiger charge is -2.36. The highest BCUT2D eigenvalue weighted by molar-refractivity contribution is 7.80. The Morgan fingerprint density at radius 2 is 2.12 bits per heavy atom. The van der Waals surface area contributed by atoms with E-state index in [-0.39, 0.29) is 11.8 Å². The lowest BCUT2D eigenvalue weighted by atomic mass is 9.92. The van der Waals surface area contributed by atoms with Crippen molar-refractivity contribution in [3.05, 3.63) is 29.3 Å². The molecule has 0 aromatic heterocycles. The molecule has 0 saturated carbocycles. The minimum absolute atomic E-state index is 0.0280. The number of hydrazone groups is 1. The molecule has 130 valence electrons. The van der Waals surface area contributed by atoms with Crippen LogP contribution in [0.1, 0.15) is 24.5 Å². The minimum Gasteiger partial charge on any atom is -0.376 e. The van der Waals surface area contributed by atoms with Gasteiger partial charge in [0.25, 0.3) is 0 Å². The van der Waals surface area contributed by atoms with E-state index in [2.05, 4.69) is 21.5 Å². The number of anilines is 1. The molecular formula is C17H20N6OS. The summed E-state index contributed by atoms with van der Waals surface area (Å²) in [5.41, 5.74) is 11.4.